The van der Waals surface area contributed by atoms with Crippen LogP contribution in [-0.2, 0) is 0 Å². The number of methoxy groups -OCH3 is 1. The van der Waals surface area contributed by atoms with Crippen LogP contribution in [0.3, 0.4) is 0 Å². The van der Waals surface area contributed by atoms with E-state index in [2.05, 4.69) is 41.6 Å². The standard InChI is InChI=1S/C21H21N3O2/c1-14-7-8-17(11-15(14)2)23-18-9-10-22-20(13-18)21(25)24-16-5-4-6-19(12-16)26-3/h4-13H,1-3H3,(H,22,23)(H,24,25). The summed E-state index contributed by atoms with van der Waals surface area (Å²) in [5, 5.41) is 6.14. The first-order valence-electron chi connectivity index (χ1n) is 8.31. The van der Waals surface area contributed by atoms with Gasteiger partial charge < -0.3 is 15.4 Å². The first-order valence-corrected chi connectivity index (χ1v) is 8.31. The minimum absolute atomic E-state index is 0.276. The quantitative estimate of drug-likeness (QED) is 0.702. The summed E-state index contributed by atoms with van der Waals surface area (Å²) in [4.78, 5) is 16.6. The van der Waals surface area contributed by atoms with E-state index in [1.165, 1.54) is 11.1 Å². The third kappa shape index (κ3) is 4.19. The fourth-order valence-corrected chi connectivity index (χ4v) is 2.51. The molecule has 1 aromatic heterocycles. The van der Waals surface area contributed by atoms with Gasteiger partial charge in [0.05, 0.1) is 7.11 Å². The Kier molecular flexibility index (Phi) is 5.17. The van der Waals surface area contributed by atoms with Gasteiger partial charge in [0.1, 0.15) is 11.4 Å². The van der Waals surface area contributed by atoms with Crippen molar-refractivity contribution in [2.45, 2.75) is 13.8 Å². The van der Waals surface area contributed by atoms with Crippen LogP contribution in [0.4, 0.5) is 17.1 Å². The zero-order valence-corrected chi connectivity index (χ0v) is 15.0. The second kappa shape index (κ2) is 7.70. The Hall–Kier alpha value is -3.34. The molecule has 0 spiro atoms. The summed E-state index contributed by atoms with van der Waals surface area (Å²) in [6.45, 7) is 4.15. The molecule has 0 atom stereocenters. The maximum Gasteiger partial charge on any atom is 0.274 e. The number of hydrogen-bond donors (Lipinski definition) is 2. The van der Waals surface area contributed by atoms with Gasteiger partial charge in [-0.15, -0.1) is 0 Å². The molecule has 2 N–H and O–H groups in total. The zero-order chi connectivity index (χ0) is 18.5. The number of aryl methyl sites for hydroxylation is 2. The molecule has 0 aliphatic heterocycles. The Morgan fingerprint density at radius 2 is 1.73 bits per heavy atom. The number of benzene rings is 2. The number of nitrogens with one attached hydrogen (secondary N) is 2. The summed E-state index contributed by atoms with van der Waals surface area (Å²) in [7, 11) is 1.59. The van der Waals surface area contributed by atoms with Gasteiger partial charge in [0.15, 0.2) is 0 Å². The minimum Gasteiger partial charge on any atom is -0.497 e. The van der Waals surface area contributed by atoms with Gasteiger partial charge in [-0.1, -0.05) is 12.1 Å². The summed E-state index contributed by atoms with van der Waals surface area (Å²) in [5.74, 6) is 0.405. The van der Waals surface area contributed by atoms with Crippen molar-refractivity contribution in [1.29, 1.82) is 0 Å². The van der Waals surface area contributed by atoms with Gasteiger partial charge in [0.2, 0.25) is 0 Å². The van der Waals surface area contributed by atoms with Crippen LogP contribution in [0.25, 0.3) is 0 Å². The maximum absolute atomic E-state index is 12.5. The fourth-order valence-electron chi connectivity index (χ4n) is 2.51. The van der Waals surface area contributed by atoms with Gasteiger partial charge in [0.25, 0.3) is 5.91 Å². The van der Waals surface area contributed by atoms with Crippen LogP contribution < -0.4 is 15.4 Å². The molecule has 0 bridgehead atoms. The molecule has 3 aromatic rings. The van der Waals surface area contributed by atoms with Gasteiger partial charge >= 0.3 is 0 Å². The number of carbonyl (C=O) groups excluding carboxylic acids is 1. The van der Waals surface area contributed by atoms with Gasteiger partial charge in [-0.3, -0.25) is 9.78 Å². The normalized spacial score (nSPS) is 10.3. The number of amides is 1. The fraction of sp³-hybridized carbons (Fsp3) is 0.143. The summed E-state index contributed by atoms with van der Waals surface area (Å²) < 4.78 is 5.17. The van der Waals surface area contributed by atoms with Crippen molar-refractivity contribution in [3.8, 4) is 5.75 Å². The molecule has 3 rings (SSSR count). The monoisotopic (exact) mass is 347 g/mol. The van der Waals surface area contributed by atoms with E-state index in [0.717, 1.165) is 11.4 Å². The number of rotatable bonds is 5. The van der Waals surface area contributed by atoms with Crippen LogP contribution in [0.15, 0.2) is 60.8 Å². The molecule has 132 valence electrons. The molecule has 0 saturated heterocycles. The molecular formula is C21H21N3O2. The lowest BCUT2D eigenvalue weighted by molar-refractivity contribution is 0.102. The molecule has 1 amide bonds. The lowest BCUT2D eigenvalue weighted by Crippen LogP contribution is -2.13. The van der Waals surface area contributed by atoms with Crippen molar-refractivity contribution in [3.05, 3.63) is 77.6 Å². The highest BCUT2D eigenvalue weighted by Gasteiger charge is 2.09. The summed E-state index contributed by atoms with van der Waals surface area (Å²) in [6, 6.07) is 16.9. The molecule has 0 radical (unpaired) electrons. The lowest BCUT2D eigenvalue weighted by atomic mass is 10.1. The molecule has 1 heterocycles. The predicted octanol–water partition coefficient (Wildman–Crippen LogP) is 4.70. The van der Waals surface area contributed by atoms with E-state index < -0.39 is 0 Å². The van der Waals surface area contributed by atoms with Crippen molar-refractivity contribution < 1.29 is 9.53 Å². The number of carbonyl (C=O) groups is 1. The van der Waals surface area contributed by atoms with E-state index in [9.17, 15) is 4.79 Å². The summed E-state index contributed by atoms with van der Waals surface area (Å²) in [6.07, 6.45) is 1.61. The lowest BCUT2D eigenvalue weighted by Gasteiger charge is -2.10. The van der Waals surface area contributed by atoms with Crippen LogP contribution in [0.5, 0.6) is 5.75 Å². The first-order chi connectivity index (χ1) is 12.5. The third-order valence-corrected chi connectivity index (χ3v) is 4.12. The van der Waals surface area contributed by atoms with Crippen molar-refractivity contribution in [2.75, 3.05) is 17.7 Å². The van der Waals surface area contributed by atoms with Crippen LogP contribution in [-0.4, -0.2) is 18.0 Å². The number of nitrogens with zero attached hydrogens (tertiary/aromatic N) is 1. The van der Waals surface area contributed by atoms with Crippen LogP contribution in [0, 0.1) is 13.8 Å². The van der Waals surface area contributed by atoms with E-state index in [1.807, 2.05) is 24.3 Å². The van der Waals surface area contributed by atoms with E-state index in [0.29, 0.717) is 17.1 Å². The first kappa shape index (κ1) is 17.5. The number of aromatic nitrogens is 1. The molecule has 0 saturated carbocycles. The highest BCUT2D eigenvalue weighted by atomic mass is 16.5. The molecule has 5 nitrogen and oxygen atoms in total. The van der Waals surface area contributed by atoms with E-state index >= 15 is 0 Å². The Morgan fingerprint density at radius 1 is 0.923 bits per heavy atom. The highest BCUT2D eigenvalue weighted by molar-refractivity contribution is 6.03. The third-order valence-electron chi connectivity index (χ3n) is 4.12. The van der Waals surface area contributed by atoms with E-state index in [4.69, 9.17) is 4.74 Å². The molecule has 26 heavy (non-hydrogen) atoms. The molecule has 0 unspecified atom stereocenters. The Labute approximate surface area is 153 Å². The highest BCUT2D eigenvalue weighted by Crippen LogP contribution is 2.21. The second-order valence-electron chi connectivity index (χ2n) is 6.04. The molecule has 2 aromatic carbocycles. The number of ether oxygens (including phenoxy) is 1. The van der Waals surface area contributed by atoms with Crippen molar-refractivity contribution in [1.82, 2.24) is 4.98 Å². The SMILES string of the molecule is COc1cccc(NC(=O)c2cc(Nc3ccc(C)c(C)c3)ccn2)c1. The second-order valence-corrected chi connectivity index (χ2v) is 6.04. The number of pyridine rings is 1. The Bertz CT molecular complexity index is 938. The van der Waals surface area contributed by atoms with Crippen LogP contribution in [0.1, 0.15) is 21.6 Å². The number of hydrogen-bond acceptors (Lipinski definition) is 4. The van der Waals surface area contributed by atoms with Crippen LogP contribution >= 0.6 is 0 Å². The molecule has 0 aliphatic carbocycles. The van der Waals surface area contributed by atoms with Gasteiger partial charge in [0, 0.05) is 29.3 Å². The molecule has 0 aliphatic rings. The molecule has 0 fully saturated rings. The van der Waals surface area contributed by atoms with E-state index in [1.54, 1.807) is 31.5 Å². The van der Waals surface area contributed by atoms with Crippen molar-refractivity contribution in [3.63, 3.8) is 0 Å². The largest absolute Gasteiger partial charge is 0.497 e. The van der Waals surface area contributed by atoms with Gasteiger partial charge in [-0.05, 0) is 61.4 Å². The maximum atomic E-state index is 12.5. The van der Waals surface area contributed by atoms with Crippen LogP contribution in [0.2, 0.25) is 0 Å². The molecular weight excluding hydrogens is 326 g/mol. The van der Waals surface area contributed by atoms with Gasteiger partial charge in [-0.2, -0.15) is 0 Å². The summed E-state index contributed by atoms with van der Waals surface area (Å²) >= 11 is 0. The smallest absolute Gasteiger partial charge is 0.274 e. The minimum atomic E-state index is -0.276. The van der Waals surface area contributed by atoms with E-state index in [-0.39, 0.29) is 5.91 Å². The average Bonchev–Trinajstić information content (AvgIpc) is 2.65. The average molecular weight is 347 g/mol. The number of anilines is 3. The summed E-state index contributed by atoms with van der Waals surface area (Å²) in [5.41, 5.74) is 5.21. The zero-order valence-electron chi connectivity index (χ0n) is 15.0. The molecule has 5 heteroatoms. The predicted molar refractivity (Wildman–Crippen MR) is 104 cm³/mol. The van der Waals surface area contributed by atoms with Crippen molar-refractivity contribution in [2.24, 2.45) is 0 Å². The Balaban J connectivity index is 1.75. The van der Waals surface area contributed by atoms with Crippen molar-refractivity contribution >= 4 is 23.0 Å². The van der Waals surface area contributed by atoms with Gasteiger partial charge in [-0.25, -0.2) is 0 Å². The Morgan fingerprint density at radius 3 is 2.50 bits per heavy atom. The topological polar surface area (TPSA) is 63.2 Å².